The van der Waals surface area contributed by atoms with Crippen LogP contribution < -0.4 is 10.2 Å². The van der Waals surface area contributed by atoms with Gasteiger partial charge in [-0.1, -0.05) is 0 Å². The minimum Gasteiger partial charge on any atom is -0.376 e. The minimum atomic E-state index is -3.53. The molecule has 2 saturated heterocycles. The lowest BCUT2D eigenvalue weighted by Crippen LogP contribution is -2.52. The zero-order valence-electron chi connectivity index (χ0n) is 15.7. The Bertz CT molecular complexity index is 845. The van der Waals surface area contributed by atoms with E-state index in [1.54, 1.807) is 9.80 Å². The van der Waals surface area contributed by atoms with E-state index in [0.717, 1.165) is 31.8 Å². The van der Waals surface area contributed by atoms with Crippen LogP contribution in [-0.2, 0) is 14.6 Å². The molecule has 0 radical (unpaired) electrons. The summed E-state index contributed by atoms with van der Waals surface area (Å²) in [6, 6.07) is 3.75. The van der Waals surface area contributed by atoms with Crippen molar-refractivity contribution in [3.05, 3.63) is 28.3 Å². The van der Waals surface area contributed by atoms with E-state index in [4.69, 9.17) is 4.74 Å². The number of nitro groups is 1. The third-order valence-corrected chi connectivity index (χ3v) is 6.09. The zero-order chi connectivity index (χ0) is 20.3. The monoisotopic (exact) mass is 412 g/mol. The maximum absolute atomic E-state index is 12.3. The summed E-state index contributed by atoms with van der Waals surface area (Å²) in [5, 5.41) is 14.3. The molecule has 1 N–H and O–H groups in total. The summed E-state index contributed by atoms with van der Waals surface area (Å²) in [5.74, 6) is 0. The highest BCUT2D eigenvalue weighted by Gasteiger charge is 2.27. The lowest BCUT2D eigenvalue weighted by atomic mass is 10.2. The quantitative estimate of drug-likeness (QED) is 0.566. The summed E-state index contributed by atoms with van der Waals surface area (Å²) >= 11 is 0. The number of carbonyl (C=O) groups is 1. The van der Waals surface area contributed by atoms with Gasteiger partial charge in [-0.3, -0.25) is 10.1 Å². The number of piperazine rings is 1. The number of benzene rings is 1. The molecule has 28 heavy (non-hydrogen) atoms. The minimum absolute atomic E-state index is 0.0706. The largest absolute Gasteiger partial charge is 0.376 e. The summed E-state index contributed by atoms with van der Waals surface area (Å²) < 4.78 is 28.8. The summed E-state index contributed by atoms with van der Waals surface area (Å²) in [6.45, 7) is 2.90. The zero-order valence-corrected chi connectivity index (χ0v) is 16.5. The van der Waals surface area contributed by atoms with Crippen molar-refractivity contribution in [2.24, 2.45) is 0 Å². The molecular formula is C17H24N4O6S. The lowest BCUT2D eigenvalue weighted by Gasteiger charge is -2.36. The molecule has 3 rings (SSSR count). The molecule has 1 atom stereocenters. The van der Waals surface area contributed by atoms with Crippen LogP contribution in [0.2, 0.25) is 0 Å². The predicted octanol–water partition coefficient (Wildman–Crippen LogP) is 1.01. The Morgan fingerprint density at radius 3 is 2.61 bits per heavy atom. The molecule has 2 aliphatic rings. The molecule has 2 heterocycles. The van der Waals surface area contributed by atoms with E-state index in [0.29, 0.717) is 38.4 Å². The van der Waals surface area contributed by atoms with Crippen LogP contribution in [0, 0.1) is 10.1 Å². The fourth-order valence-electron chi connectivity index (χ4n) is 3.42. The maximum Gasteiger partial charge on any atom is 0.317 e. The first-order valence-corrected chi connectivity index (χ1v) is 11.0. The van der Waals surface area contributed by atoms with Crippen molar-refractivity contribution in [3.8, 4) is 0 Å². The Hall–Kier alpha value is -2.40. The topological polar surface area (TPSA) is 122 Å². The van der Waals surface area contributed by atoms with Crippen LogP contribution in [-0.4, -0.2) is 76.0 Å². The number of nitrogens with zero attached hydrogens (tertiary/aromatic N) is 3. The van der Waals surface area contributed by atoms with Crippen LogP contribution in [0.4, 0.5) is 16.2 Å². The second kappa shape index (κ2) is 8.31. The van der Waals surface area contributed by atoms with Gasteiger partial charge in [0, 0.05) is 51.7 Å². The van der Waals surface area contributed by atoms with Gasteiger partial charge >= 0.3 is 6.03 Å². The maximum atomic E-state index is 12.3. The Labute approximate surface area is 163 Å². The molecule has 2 aliphatic heterocycles. The molecule has 0 saturated carbocycles. The smallest absolute Gasteiger partial charge is 0.317 e. The second-order valence-corrected chi connectivity index (χ2v) is 8.99. The molecule has 0 bridgehead atoms. The van der Waals surface area contributed by atoms with Gasteiger partial charge in [0.25, 0.3) is 5.69 Å². The highest BCUT2D eigenvalue weighted by molar-refractivity contribution is 7.90. The van der Waals surface area contributed by atoms with E-state index in [1.165, 1.54) is 12.1 Å². The highest BCUT2D eigenvalue weighted by Crippen LogP contribution is 2.31. The molecule has 154 valence electrons. The van der Waals surface area contributed by atoms with Crippen molar-refractivity contribution in [2.45, 2.75) is 23.8 Å². The molecule has 11 heteroatoms. The molecule has 0 spiro atoms. The number of nitro benzene ring substituents is 1. The normalized spacial score (nSPS) is 20.2. The van der Waals surface area contributed by atoms with Gasteiger partial charge in [-0.15, -0.1) is 0 Å². The highest BCUT2D eigenvalue weighted by atomic mass is 32.2. The van der Waals surface area contributed by atoms with Gasteiger partial charge in [0.2, 0.25) is 0 Å². The van der Waals surface area contributed by atoms with Crippen molar-refractivity contribution in [1.29, 1.82) is 0 Å². The van der Waals surface area contributed by atoms with E-state index in [-0.39, 0.29) is 22.7 Å². The van der Waals surface area contributed by atoms with Crippen LogP contribution in [0.15, 0.2) is 23.1 Å². The van der Waals surface area contributed by atoms with Gasteiger partial charge in [-0.25, -0.2) is 13.2 Å². The molecule has 10 nitrogen and oxygen atoms in total. The fraction of sp³-hybridized carbons (Fsp3) is 0.588. The van der Waals surface area contributed by atoms with E-state index < -0.39 is 14.8 Å². The number of hydrogen-bond acceptors (Lipinski definition) is 7. The van der Waals surface area contributed by atoms with E-state index in [1.807, 2.05) is 0 Å². The second-order valence-electron chi connectivity index (χ2n) is 6.97. The average molecular weight is 412 g/mol. The molecule has 1 aromatic rings. The van der Waals surface area contributed by atoms with E-state index >= 15 is 0 Å². The molecular weight excluding hydrogens is 388 g/mol. The number of carbonyl (C=O) groups excluding carboxylic acids is 1. The third kappa shape index (κ3) is 4.71. The van der Waals surface area contributed by atoms with Gasteiger partial charge in [-0.2, -0.15) is 0 Å². The van der Waals surface area contributed by atoms with Crippen molar-refractivity contribution >= 4 is 27.2 Å². The molecule has 2 amide bonds. The number of nitrogens with one attached hydrogen (secondary N) is 1. The fourth-order valence-corrected chi connectivity index (χ4v) is 4.06. The van der Waals surface area contributed by atoms with E-state index in [2.05, 4.69) is 5.32 Å². The van der Waals surface area contributed by atoms with Crippen LogP contribution in [0.3, 0.4) is 0 Å². The summed E-state index contributed by atoms with van der Waals surface area (Å²) in [7, 11) is -3.53. The first kappa shape index (κ1) is 20.3. The Balaban J connectivity index is 1.62. The Kier molecular flexibility index (Phi) is 6.04. The van der Waals surface area contributed by atoms with Crippen LogP contribution >= 0.6 is 0 Å². The summed E-state index contributed by atoms with van der Waals surface area (Å²) in [4.78, 5) is 26.5. The SMILES string of the molecule is CS(=O)(=O)c1ccc(N2CCN(C(=O)NC[C@@H]3CCCO3)CC2)c([N+](=O)[O-])c1. The first-order chi connectivity index (χ1) is 13.3. The molecule has 1 aromatic carbocycles. The van der Waals surface area contributed by atoms with Crippen LogP contribution in [0.25, 0.3) is 0 Å². The van der Waals surface area contributed by atoms with E-state index in [9.17, 15) is 23.3 Å². The molecule has 0 aromatic heterocycles. The number of sulfone groups is 1. The van der Waals surface area contributed by atoms with Crippen molar-refractivity contribution in [1.82, 2.24) is 10.2 Å². The molecule has 0 aliphatic carbocycles. The molecule has 0 unspecified atom stereocenters. The summed E-state index contributed by atoms with van der Waals surface area (Å²) in [5.41, 5.74) is 0.107. The number of ether oxygens (including phenoxy) is 1. The van der Waals surface area contributed by atoms with Crippen LogP contribution in [0.5, 0.6) is 0 Å². The summed E-state index contributed by atoms with van der Waals surface area (Å²) in [6.07, 6.45) is 3.04. The standard InChI is InChI=1S/C17H24N4O6S/c1-28(25,26)14-4-5-15(16(11-14)21(23)24)19-6-8-20(9-7-19)17(22)18-12-13-3-2-10-27-13/h4-5,11,13H,2-3,6-10,12H2,1H3,(H,18,22)/t13-/m0/s1. The number of anilines is 1. The lowest BCUT2D eigenvalue weighted by molar-refractivity contribution is -0.384. The predicted molar refractivity (Wildman–Crippen MR) is 102 cm³/mol. The number of rotatable bonds is 5. The number of amides is 2. The average Bonchev–Trinajstić information content (AvgIpc) is 3.18. The van der Waals surface area contributed by atoms with Gasteiger partial charge in [0.05, 0.1) is 15.9 Å². The van der Waals surface area contributed by atoms with Gasteiger partial charge in [0.1, 0.15) is 5.69 Å². The van der Waals surface area contributed by atoms with Crippen LogP contribution in [0.1, 0.15) is 12.8 Å². The Morgan fingerprint density at radius 2 is 2.04 bits per heavy atom. The first-order valence-electron chi connectivity index (χ1n) is 9.13. The molecule has 2 fully saturated rings. The van der Waals surface area contributed by atoms with Gasteiger partial charge in [-0.05, 0) is 25.0 Å². The van der Waals surface area contributed by atoms with Crippen molar-refractivity contribution in [2.75, 3.05) is 50.5 Å². The van der Waals surface area contributed by atoms with Gasteiger partial charge in [0.15, 0.2) is 9.84 Å². The number of urea groups is 1. The third-order valence-electron chi connectivity index (χ3n) is 4.98. The Morgan fingerprint density at radius 1 is 1.32 bits per heavy atom. The number of hydrogen-bond donors (Lipinski definition) is 1. The van der Waals surface area contributed by atoms with Crippen molar-refractivity contribution in [3.63, 3.8) is 0 Å². The van der Waals surface area contributed by atoms with Crippen molar-refractivity contribution < 1.29 is 22.9 Å². The van der Waals surface area contributed by atoms with Gasteiger partial charge < -0.3 is 19.9 Å².